The Balaban J connectivity index is 3.68. The molecule has 0 aliphatic rings. The zero-order valence-corrected chi connectivity index (χ0v) is 11.4. The lowest BCUT2D eigenvalue weighted by atomic mass is 10.0. The molecule has 0 N–H and O–H groups in total. The summed E-state index contributed by atoms with van der Waals surface area (Å²) in [6.07, 6.45) is -4.45. The third-order valence-electron chi connectivity index (χ3n) is 2.06. The van der Waals surface area contributed by atoms with E-state index in [0.29, 0.717) is 3.57 Å². The van der Waals surface area contributed by atoms with E-state index in [2.05, 4.69) is 0 Å². The highest BCUT2D eigenvalue weighted by Crippen LogP contribution is 2.43. The lowest BCUT2D eigenvalue weighted by molar-refractivity contribution is -0.138. The van der Waals surface area contributed by atoms with Gasteiger partial charge < -0.3 is 0 Å². The van der Waals surface area contributed by atoms with Crippen molar-refractivity contribution in [2.75, 3.05) is 0 Å². The largest absolute Gasteiger partial charge is 0.418 e. The van der Waals surface area contributed by atoms with Crippen molar-refractivity contribution in [3.05, 3.63) is 30.3 Å². The molecule has 0 bridgehead atoms. The average molecular weight is 369 g/mol. The Morgan fingerprint density at radius 1 is 1.00 bits per heavy atom. The molecule has 0 atom stereocenters. The molecule has 84 valence electrons. The van der Waals surface area contributed by atoms with Gasteiger partial charge in [0.2, 0.25) is 0 Å². The highest BCUT2D eigenvalue weighted by molar-refractivity contribution is 14.1. The maximum absolute atomic E-state index is 12.7. The summed E-state index contributed by atoms with van der Waals surface area (Å²) in [5.74, 6) is 0. The lowest BCUT2D eigenvalue weighted by Gasteiger charge is -2.17. The first kappa shape index (κ1) is 13.4. The quantitative estimate of drug-likeness (QED) is 0.434. The van der Waals surface area contributed by atoms with Crippen molar-refractivity contribution < 1.29 is 13.2 Å². The number of hydrogen-bond donors (Lipinski definition) is 0. The molecule has 1 aromatic rings. The van der Waals surface area contributed by atoms with Crippen LogP contribution in [-0.2, 0) is 6.18 Å². The van der Waals surface area contributed by atoms with Gasteiger partial charge in [0.15, 0.2) is 0 Å². The lowest BCUT2D eigenvalue weighted by Crippen LogP contribution is -2.11. The maximum Gasteiger partial charge on any atom is 0.418 e. The van der Waals surface area contributed by atoms with Crippen LogP contribution in [0.25, 0.3) is 0 Å². The molecule has 1 aromatic carbocycles. The summed E-state index contributed by atoms with van der Waals surface area (Å²) >= 11 is 13.3. The summed E-state index contributed by atoms with van der Waals surface area (Å²) in [6.45, 7) is 2.84. The van der Waals surface area contributed by atoms with E-state index in [1.54, 1.807) is 22.6 Å². The fraction of sp³-hybridized carbons (Fsp3) is 0.333. The minimum Gasteiger partial charge on any atom is -0.166 e. The summed E-state index contributed by atoms with van der Waals surface area (Å²) in [4.78, 5) is 0. The highest BCUT2D eigenvalue weighted by atomic mass is 127. The molecule has 0 heterocycles. The molecule has 0 spiro atoms. The third-order valence-corrected chi connectivity index (χ3v) is 4.67. The van der Waals surface area contributed by atoms with Gasteiger partial charge in [-0.25, -0.2) is 0 Å². The summed E-state index contributed by atoms with van der Waals surface area (Å²) < 4.78 is 38.4. The summed E-state index contributed by atoms with van der Waals surface area (Å²) in [6, 6.07) is 0. The van der Waals surface area contributed by atoms with Crippen LogP contribution in [0.4, 0.5) is 13.2 Å². The van der Waals surface area contributed by atoms with E-state index in [4.69, 9.17) is 23.2 Å². The molecule has 0 saturated heterocycles. The minimum absolute atomic E-state index is 0.0729. The van der Waals surface area contributed by atoms with Crippen LogP contribution >= 0.6 is 45.8 Å². The van der Waals surface area contributed by atoms with Crippen LogP contribution in [0.3, 0.4) is 0 Å². The predicted octanol–water partition coefficient (Wildman–Crippen LogP) is 5.23. The van der Waals surface area contributed by atoms with Gasteiger partial charge in [0.1, 0.15) is 0 Å². The summed E-state index contributed by atoms with van der Waals surface area (Å²) in [5.41, 5.74) is -0.458. The minimum atomic E-state index is -4.45. The topological polar surface area (TPSA) is 0 Å². The van der Waals surface area contributed by atoms with Gasteiger partial charge in [-0.15, -0.1) is 0 Å². The van der Waals surface area contributed by atoms with Crippen molar-refractivity contribution in [1.82, 2.24) is 0 Å². The maximum atomic E-state index is 12.7. The van der Waals surface area contributed by atoms with Crippen LogP contribution in [0.15, 0.2) is 0 Å². The van der Waals surface area contributed by atoms with E-state index in [1.165, 1.54) is 13.8 Å². The van der Waals surface area contributed by atoms with Crippen molar-refractivity contribution in [3.8, 4) is 0 Å². The normalized spacial score (nSPS) is 12.0. The van der Waals surface area contributed by atoms with E-state index >= 15 is 0 Å². The molecule has 0 amide bonds. The van der Waals surface area contributed by atoms with Crippen LogP contribution < -0.4 is 0 Å². The molecular formula is C9H6Cl2F3I. The molecule has 0 aliphatic carbocycles. The van der Waals surface area contributed by atoms with Gasteiger partial charge in [-0.05, 0) is 47.6 Å². The molecule has 0 unspecified atom stereocenters. The second-order valence-electron chi connectivity index (χ2n) is 3.06. The molecule has 15 heavy (non-hydrogen) atoms. The monoisotopic (exact) mass is 368 g/mol. The van der Waals surface area contributed by atoms with E-state index in [1.807, 2.05) is 0 Å². The number of rotatable bonds is 0. The summed E-state index contributed by atoms with van der Waals surface area (Å²) in [7, 11) is 0. The van der Waals surface area contributed by atoms with Crippen molar-refractivity contribution in [2.24, 2.45) is 0 Å². The van der Waals surface area contributed by atoms with Crippen LogP contribution in [0, 0.1) is 17.4 Å². The predicted molar refractivity (Wildman–Crippen MR) is 63.7 cm³/mol. The van der Waals surface area contributed by atoms with Crippen LogP contribution in [0.2, 0.25) is 10.0 Å². The Kier molecular flexibility index (Phi) is 3.83. The van der Waals surface area contributed by atoms with Crippen molar-refractivity contribution in [3.63, 3.8) is 0 Å². The Bertz CT molecular complexity index is 384. The zero-order chi connectivity index (χ0) is 12.0. The second-order valence-corrected chi connectivity index (χ2v) is 4.90. The molecule has 0 nitrogen and oxygen atoms in total. The fourth-order valence-electron chi connectivity index (χ4n) is 1.22. The van der Waals surface area contributed by atoms with Crippen molar-refractivity contribution in [2.45, 2.75) is 20.0 Å². The van der Waals surface area contributed by atoms with Crippen LogP contribution in [0.5, 0.6) is 0 Å². The van der Waals surface area contributed by atoms with Gasteiger partial charge in [0.25, 0.3) is 0 Å². The Labute approximate surface area is 109 Å². The summed E-state index contributed by atoms with van der Waals surface area (Å²) in [5, 5.41) is -0.0310. The number of hydrogen-bond acceptors (Lipinski definition) is 0. The number of halogens is 6. The Hall–Kier alpha value is 0.320. The van der Waals surface area contributed by atoms with Gasteiger partial charge in [-0.3, -0.25) is 0 Å². The smallest absolute Gasteiger partial charge is 0.166 e. The SMILES string of the molecule is Cc1c(Cl)c(I)c(C)c(C(F)(F)F)c1Cl. The Morgan fingerprint density at radius 2 is 1.47 bits per heavy atom. The van der Waals surface area contributed by atoms with Crippen LogP contribution in [-0.4, -0.2) is 0 Å². The van der Waals surface area contributed by atoms with E-state index in [0.717, 1.165) is 0 Å². The standard InChI is InChI=1S/C9H6Cl2F3I/c1-3-5(9(12,13)14)6(10)4(2)7(11)8(3)15/h1-2H3. The van der Waals surface area contributed by atoms with Gasteiger partial charge >= 0.3 is 6.18 Å². The number of benzene rings is 1. The zero-order valence-electron chi connectivity index (χ0n) is 7.77. The van der Waals surface area contributed by atoms with Gasteiger partial charge in [0.05, 0.1) is 15.6 Å². The molecule has 6 heteroatoms. The Morgan fingerprint density at radius 3 is 1.87 bits per heavy atom. The van der Waals surface area contributed by atoms with Crippen molar-refractivity contribution >= 4 is 45.8 Å². The highest BCUT2D eigenvalue weighted by Gasteiger charge is 2.37. The van der Waals surface area contributed by atoms with Gasteiger partial charge in [-0.1, -0.05) is 23.2 Å². The second kappa shape index (κ2) is 4.30. The molecule has 1 rings (SSSR count). The van der Waals surface area contributed by atoms with E-state index in [-0.39, 0.29) is 21.2 Å². The molecular weight excluding hydrogens is 363 g/mol. The fourth-order valence-corrected chi connectivity index (χ4v) is 2.53. The first-order valence-electron chi connectivity index (χ1n) is 3.88. The molecule has 0 radical (unpaired) electrons. The van der Waals surface area contributed by atoms with Gasteiger partial charge in [0, 0.05) is 3.57 Å². The molecule has 0 aromatic heterocycles. The molecule has 0 saturated carbocycles. The van der Waals surface area contributed by atoms with Crippen LogP contribution in [0.1, 0.15) is 16.7 Å². The van der Waals surface area contributed by atoms with Crippen molar-refractivity contribution in [1.29, 1.82) is 0 Å². The molecule has 0 fully saturated rings. The van der Waals surface area contributed by atoms with Gasteiger partial charge in [-0.2, -0.15) is 13.2 Å². The average Bonchev–Trinajstić information content (AvgIpc) is 2.09. The molecule has 0 aliphatic heterocycles. The van der Waals surface area contributed by atoms with E-state index in [9.17, 15) is 13.2 Å². The third kappa shape index (κ3) is 2.36. The first-order chi connectivity index (χ1) is 6.68. The first-order valence-corrected chi connectivity index (χ1v) is 5.72. The number of alkyl halides is 3. The van der Waals surface area contributed by atoms with E-state index < -0.39 is 11.7 Å².